The maximum Gasteiger partial charge on any atom is 0.0681 e. The number of aliphatic hydroxyl groups excluding tert-OH is 1. The van der Waals surface area contributed by atoms with Gasteiger partial charge in [0.05, 0.1) is 6.61 Å². The standard InChI is InChI=1S/C14H14OS/c1-11-2-6-13(7-3-11)16-14-8-4-12(10-15)5-9-14/h2-9,15H,10H2,1H3. The third-order valence-electron chi connectivity index (χ3n) is 2.36. The van der Waals surface area contributed by atoms with E-state index >= 15 is 0 Å². The Kier molecular flexibility index (Phi) is 3.65. The minimum atomic E-state index is 0.107. The summed E-state index contributed by atoms with van der Waals surface area (Å²) >= 11 is 1.73. The van der Waals surface area contributed by atoms with E-state index in [9.17, 15) is 0 Å². The van der Waals surface area contributed by atoms with Crippen LogP contribution >= 0.6 is 11.8 Å². The van der Waals surface area contributed by atoms with Gasteiger partial charge in [0, 0.05) is 9.79 Å². The van der Waals surface area contributed by atoms with Gasteiger partial charge in [-0.25, -0.2) is 0 Å². The largest absolute Gasteiger partial charge is 0.392 e. The van der Waals surface area contributed by atoms with Crippen LogP contribution < -0.4 is 0 Å². The first kappa shape index (κ1) is 11.2. The van der Waals surface area contributed by atoms with Crippen molar-refractivity contribution in [2.75, 3.05) is 0 Å². The molecule has 0 bridgehead atoms. The summed E-state index contributed by atoms with van der Waals surface area (Å²) in [6, 6.07) is 16.5. The first-order valence-electron chi connectivity index (χ1n) is 5.22. The fourth-order valence-electron chi connectivity index (χ4n) is 1.41. The first-order valence-corrected chi connectivity index (χ1v) is 6.04. The van der Waals surface area contributed by atoms with Gasteiger partial charge in [-0.1, -0.05) is 41.6 Å². The van der Waals surface area contributed by atoms with Crippen LogP contribution in [0.3, 0.4) is 0 Å². The van der Waals surface area contributed by atoms with E-state index in [1.807, 2.05) is 24.3 Å². The molecule has 1 N–H and O–H groups in total. The Balaban J connectivity index is 2.11. The normalized spacial score (nSPS) is 10.4. The smallest absolute Gasteiger partial charge is 0.0681 e. The predicted octanol–water partition coefficient (Wildman–Crippen LogP) is 3.64. The van der Waals surface area contributed by atoms with Crippen LogP contribution in [-0.4, -0.2) is 5.11 Å². The van der Waals surface area contributed by atoms with Crippen LogP contribution in [0.4, 0.5) is 0 Å². The SMILES string of the molecule is Cc1ccc(Sc2ccc(CO)cc2)cc1. The molecule has 2 aromatic carbocycles. The lowest BCUT2D eigenvalue weighted by Gasteiger charge is -2.03. The first-order chi connectivity index (χ1) is 7.78. The minimum absolute atomic E-state index is 0.107. The van der Waals surface area contributed by atoms with Gasteiger partial charge in [-0.2, -0.15) is 0 Å². The second-order valence-electron chi connectivity index (χ2n) is 3.72. The average molecular weight is 230 g/mol. The van der Waals surface area contributed by atoms with E-state index in [0.29, 0.717) is 0 Å². The Morgan fingerprint density at radius 1 is 0.875 bits per heavy atom. The van der Waals surface area contributed by atoms with Crippen LogP contribution in [0.5, 0.6) is 0 Å². The molecule has 0 radical (unpaired) electrons. The zero-order valence-electron chi connectivity index (χ0n) is 9.18. The Hall–Kier alpha value is -1.25. The summed E-state index contributed by atoms with van der Waals surface area (Å²) in [5.74, 6) is 0. The van der Waals surface area contributed by atoms with Crippen LogP contribution in [-0.2, 0) is 6.61 Å². The molecule has 16 heavy (non-hydrogen) atoms. The Labute approximate surface area is 100 Å². The monoisotopic (exact) mass is 230 g/mol. The van der Waals surface area contributed by atoms with E-state index in [1.54, 1.807) is 11.8 Å². The van der Waals surface area contributed by atoms with Gasteiger partial charge in [0.1, 0.15) is 0 Å². The van der Waals surface area contributed by atoms with E-state index < -0.39 is 0 Å². The van der Waals surface area contributed by atoms with Crippen LogP contribution in [0.1, 0.15) is 11.1 Å². The molecule has 0 aromatic heterocycles. The molecule has 0 fully saturated rings. The molecular formula is C14H14OS. The molecule has 0 aliphatic carbocycles. The van der Waals surface area contributed by atoms with Gasteiger partial charge in [-0.05, 0) is 36.8 Å². The zero-order valence-corrected chi connectivity index (χ0v) is 10.00. The van der Waals surface area contributed by atoms with Crippen LogP contribution in [0, 0.1) is 6.92 Å². The second-order valence-corrected chi connectivity index (χ2v) is 4.86. The van der Waals surface area contributed by atoms with Crippen molar-refractivity contribution in [2.45, 2.75) is 23.3 Å². The lowest BCUT2D eigenvalue weighted by atomic mass is 10.2. The van der Waals surface area contributed by atoms with Crippen molar-refractivity contribution in [1.82, 2.24) is 0 Å². The number of aliphatic hydroxyl groups is 1. The molecule has 1 nitrogen and oxygen atoms in total. The Morgan fingerprint density at radius 2 is 1.38 bits per heavy atom. The maximum atomic E-state index is 8.94. The summed E-state index contributed by atoms with van der Waals surface area (Å²) in [6.07, 6.45) is 0. The molecule has 0 aliphatic heterocycles. The van der Waals surface area contributed by atoms with Crippen molar-refractivity contribution >= 4 is 11.8 Å². The zero-order chi connectivity index (χ0) is 11.4. The third-order valence-corrected chi connectivity index (χ3v) is 3.38. The number of rotatable bonds is 3. The molecule has 0 spiro atoms. The molecule has 0 amide bonds. The van der Waals surface area contributed by atoms with Crippen molar-refractivity contribution in [3.63, 3.8) is 0 Å². The number of aryl methyl sites for hydroxylation is 1. The molecule has 0 unspecified atom stereocenters. The summed E-state index contributed by atoms with van der Waals surface area (Å²) in [5.41, 5.74) is 2.23. The number of hydrogen-bond donors (Lipinski definition) is 1. The minimum Gasteiger partial charge on any atom is -0.392 e. The summed E-state index contributed by atoms with van der Waals surface area (Å²) < 4.78 is 0. The number of benzene rings is 2. The van der Waals surface area contributed by atoms with E-state index in [-0.39, 0.29) is 6.61 Å². The third kappa shape index (κ3) is 2.87. The lowest BCUT2D eigenvalue weighted by Crippen LogP contribution is -1.81. The van der Waals surface area contributed by atoms with Crippen LogP contribution in [0.2, 0.25) is 0 Å². The van der Waals surface area contributed by atoms with Gasteiger partial charge < -0.3 is 5.11 Å². The van der Waals surface area contributed by atoms with Gasteiger partial charge in [0.15, 0.2) is 0 Å². The molecule has 2 rings (SSSR count). The highest BCUT2D eigenvalue weighted by Crippen LogP contribution is 2.27. The van der Waals surface area contributed by atoms with Gasteiger partial charge in [-0.3, -0.25) is 0 Å². The molecule has 0 aliphatic rings. The summed E-state index contributed by atoms with van der Waals surface area (Å²) in [6.45, 7) is 2.19. The summed E-state index contributed by atoms with van der Waals surface area (Å²) in [5, 5.41) is 8.94. The lowest BCUT2D eigenvalue weighted by molar-refractivity contribution is 0.282. The Bertz CT molecular complexity index is 445. The van der Waals surface area contributed by atoms with Gasteiger partial charge in [0.2, 0.25) is 0 Å². The molecule has 82 valence electrons. The average Bonchev–Trinajstić information content (AvgIpc) is 2.33. The van der Waals surface area contributed by atoms with Crippen molar-refractivity contribution in [3.05, 3.63) is 59.7 Å². The van der Waals surface area contributed by atoms with Crippen molar-refractivity contribution in [2.24, 2.45) is 0 Å². The van der Waals surface area contributed by atoms with Crippen molar-refractivity contribution < 1.29 is 5.11 Å². The fourth-order valence-corrected chi connectivity index (χ4v) is 2.22. The van der Waals surface area contributed by atoms with Gasteiger partial charge in [-0.15, -0.1) is 0 Å². The highest BCUT2D eigenvalue weighted by Gasteiger charge is 1.97. The molecule has 2 heteroatoms. The predicted molar refractivity (Wildman–Crippen MR) is 67.7 cm³/mol. The topological polar surface area (TPSA) is 20.2 Å². The van der Waals surface area contributed by atoms with Gasteiger partial charge >= 0.3 is 0 Å². The van der Waals surface area contributed by atoms with E-state index in [1.165, 1.54) is 15.4 Å². The van der Waals surface area contributed by atoms with Crippen LogP contribution in [0.25, 0.3) is 0 Å². The fraction of sp³-hybridized carbons (Fsp3) is 0.143. The van der Waals surface area contributed by atoms with E-state index in [4.69, 9.17) is 5.11 Å². The van der Waals surface area contributed by atoms with E-state index in [0.717, 1.165) is 5.56 Å². The quantitative estimate of drug-likeness (QED) is 0.868. The molecule has 0 atom stereocenters. The van der Waals surface area contributed by atoms with Crippen LogP contribution in [0.15, 0.2) is 58.3 Å². The van der Waals surface area contributed by atoms with Crippen molar-refractivity contribution in [3.8, 4) is 0 Å². The Morgan fingerprint density at radius 3 is 1.88 bits per heavy atom. The summed E-state index contributed by atoms with van der Waals surface area (Å²) in [4.78, 5) is 2.43. The molecule has 0 saturated heterocycles. The van der Waals surface area contributed by atoms with E-state index in [2.05, 4.69) is 31.2 Å². The highest BCUT2D eigenvalue weighted by atomic mass is 32.2. The summed E-state index contributed by atoms with van der Waals surface area (Å²) in [7, 11) is 0. The highest BCUT2D eigenvalue weighted by molar-refractivity contribution is 7.99. The molecule has 2 aromatic rings. The maximum absolute atomic E-state index is 8.94. The molecular weight excluding hydrogens is 216 g/mol. The number of hydrogen-bond acceptors (Lipinski definition) is 2. The molecule has 0 heterocycles. The second kappa shape index (κ2) is 5.19. The molecule has 0 saturated carbocycles. The van der Waals surface area contributed by atoms with Crippen molar-refractivity contribution in [1.29, 1.82) is 0 Å². The van der Waals surface area contributed by atoms with Gasteiger partial charge in [0.25, 0.3) is 0 Å².